The van der Waals surface area contributed by atoms with Crippen molar-refractivity contribution in [1.82, 2.24) is 0 Å². The number of hydrogen-bond donors (Lipinski definition) is 1. The number of nitro benzene ring substituents is 1. The van der Waals surface area contributed by atoms with Crippen LogP contribution in [0.2, 0.25) is 0 Å². The number of esters is 1. The topological polar surface area (TPSA) is 116 Å². The van der Waals surface area contributed by atoms with E-state index in [4.69, 9.17) is 4.74 Å². The van der Waals surface area contributed by atoms with Crippen LogP contribution in [-0.4, -0.2) is 22.6 Å². The Morgan fingerprint density at radius 2 is 1.68 bits per heavy atom. The molecule has 0 aromatic heterocycles. The molecule has 146 valence electrons. The predicted octanol–water partition coefficient (Wildman–Crippen LogP) is 4.00. The van der Waals surface area contributed by atoms with Gasteiger partial charge in [-0.1, -0.05) is 20.8 Å². The van der Waals surface area contributed by atoms with Crippen molar-refractivity contribution < 1.29 is 24.0 Å². The van der Waals surface area contributed by atoms with Gasteiger partial charge in [-0.25, -0.2) is 4.79 Å². The molecule has 0 aliphatic heterocycles. The standard InChI is InChI=1S/C20H20N2O6/c1-4-17(23)14-7-10-16(22(26)27)18(11-14)28-20(25)13-5-8-15(9-6-13)21-19(24)12(2)3/h5-12H,4H2,1-3H3,(H,21,24). The molecule has 0 aliphatic carbocycles. The van der Waals surface area contributed by atoms with E-state index in [9.17, 15) is 24.5 Å². The van der Waals surface area contributed by atoms with Gasteiger partial charge in [-0.05, 0) is 36.4 Å². The van der Waals surface area contributed by atoms with Crippen molar-refractivity contribution in [3.05, 3.63) is 63.7 Å². The number of amides is 1. The van der Waals surface area contributed by atoms with Crippen molar-refractivity contribution in [3.63, 3.8) is 0 Å². The van der Waals surface area contributed by atoms with Crippen LogP contribution >= 0.6 is 0 Å². The summed E-state index contributed by atoms with van der Waals surface area (Å²) < 4.78 is 5.17. The molecule has 8 heteroatoms. The van der Waals surface area contributed by atoms with Crippen LogP contribution in [0.1, 0.15) is 47.9 Å². The molecule has 0 spiro atoms. The maximum absolute atomic E-state index is 12.4. The maximum Gasteiger partial charge on any atom is 0.343 e. The fourth-order valence-electron chi connectivity index (χ4n) is 2.26. The second kappa shape index (κ2) is 8.90. The van der Waals surface area contributed by atoms with Gasteiger partial charge in [-0.2, -0.15) is 0 Å². The second-order valence-corrected chi connectivity index (χ2v) is 6.33. The molecular formula is C20H20N2O6. The molecule has 0 heterocycles. The molecule has 0 unspecified atom stereocenters. The molecule has 0 saturated carbocycles. The molecule has 28 heavy (non-hydrogen) atoms. The molecule has 1 amide bonds. The summed E-state index contributed by atoms with van der Waals surface area (Å²) in [5.41, 5.74) is 0.463. The van der Waals surface area contributed by atoms with E-state index in [1.165, 1.54) is 36.4 Å². The number of hydrogen-bond acceptors (Lipinski definition) is 6. The average molecular weight is 384 g/mol. The number of benzene rings is 2. The molecule has 0 radical (unpaired) electrons. The van der Waals surface area contributed by atoms with Crippen LogP contribution < -0.4 is 10.1 Å². The Kier molecular flexibility index (Phi) is 6.59. The summed E-state index contributed by atoms with van der Waals surface area (Å²) in [4.78, 5) is 46.4. The van der Waals surface area contributed by atoms with E-state index in [0.29, 0.717) is 5.69 Å². The largest absolute Gasteiger partial charge is 0.416 e. The number of carbonyl (C=O) groups excluding carboxylic acids is 3. The summed E-state index contributed by atoms with van der Waals surface area (Å²) in [5, 5.41) is 13.9. The quantitative estimate of drug-likeness (QED) is 0.254. The highest BCUT2D eigenvalue weighted by atomic mass is 16.6. The third-order valence-electron chi connectivity index (χ3n) is 3.91. The summed E-state index contributed by atoms with van der Waals surface area (Å²) in [7, 11) is 0. The molecule has 0 fully saturated rings. The fraction of sp³-hybridized carbons (Fsp3) is 0.250. The first kappa shape index (κ1) is 20.8. The second-order valence-electron chi connectivity index (χ2n) is 6.33. The number of anilines is 1. The SMILES string of the molecule is CCC(=O)c1ccc([N+](=O)[O-])c(OC(=O)c2ccc(NC(=O)C(C)C)cc2)c1. The Balaban J connectivity index is 2.23. The number of nitrogens with zero attached hydrogens (tertiary/aromatic N) is 1. The van der Waals surface area contributed by atoms with Crippen molar-refractivity contribution >= 4 is 29.0 Å². The summed E-state index contributed by atoms with van der Waals surface area (Å²) in [6.45, 7) is 5.17. The van der Waals surface area contributed by atoms with Crippen LogP contribution in [0.4, 0.5) is 11.4 Å². The molecule has 2 aromatic carbocycles. The summed E-state index contributed by atoms with van der Waals surface area (Å²) in [6, 6.07) is 9.59. The lowest BCUT2D eigenvalue weighted by Gasteiger charge is -2.09. The molecule has 0 saturated heterocycles. The summed E-state index contributed by atoms with van der Waals surface area (Å²) >= 11 is 0. The highest BCUT2D eigenvalue weighted by Gasteiger charge is 2.21. The van der Waals surface area contributed by atoms with Crippen LogP contribution in [0.25, 0.3) is 0 Å². The molecular weight excluding hydrogens is 364 g/mol. The van der Waals surface area contributed by atoms with Crippen molar-refractivity contribution in [2.24, 2.45) is 5.92 Å². The van der Waals surface area contributed by atoms with Gasteiger partial charge in [0.1, 0.15) is 0 Å². The van der Waals surface area contributed by atoms with Crippen molar-refractivity contribution in [2.75, 3.05) is 5.32 Å². The van der Waals surface area contributed by atoms with E-state index >= 15 is 0 Å². The average Bonchev–Trinajstić information content (AvgIpc) is 2.67. The number of carbonyl (C=O) groups is 3. The molecule has 0 aliphatic rings. The van der Waals surface area contributed by atoms with E-state index in [-0.39, 0.29) is 40.9 Å². The van der Waals surface area contributed by atoms with E-state index in [2.05, 4.69) is 5.32 Å². The zero-order valence-electron chi connectivity index (χ0n) is 15.7. The molecule has 2 rings (SSSR count). The third-order valence-corrected chi connectivity index (χ3v) is 3.91. The Bertz CT molecular complexity index is 919. The highest BCUT2D eigenvalue weighted by molar-refractivity contribution is 5.98. The third kappa shape index (κ3) is 5.00. The minimum atomic E-state index is -0.814. The van der Waals surface area contributed by atoms with Gasteiger partial charge in [0.25, 0.3) is 0 Å². The van der Waals surface area contributed by atoms with Crippen LogP contribution in [0.5, 0.6) is 5.75 Å². The Morgan fingerprint density at radius 1 is 1.07 bits per heavy atom. The number of ketones is 1. The lowest BCUT2D eigenvalue weighted by molar-refractivity contribution is -0.385. The normalized spacial score (nSPS) is 10.4. The van der Waals surface area contributed by atoms with Gasteiger partial charge in [-0.15, -0.1) is 0 Å². The van der Waals surface area contributed by atoms with Gasteiger partial charge in [-0.3, -0.25) is 19.7 Å². The number of nitro groups is 1. The Morgan fingerprint density at radius 3 is 2.21 bits per heavy atom. The van der Waals surface area contributed by atoms with Gasteiger partial charge in [0.15, 0.2) is 5.78 Å². The Hall–Kier alpha value is -3.55. The Labute approximate surface area is 161 Å². The number of ether oxygens (including phenoxy) is 1. The van der Waals surface area contributed by atoms with Crippen LogP contribution in [0.15, 0.2) is 42.5 Å². The monoisotopic (exact) mass is 384 g/mol. The van der Waals surface area contributed by atoms with Gasteiger partial charge in [0.05, 0.1) is 10.5 Å². The van der Waals surface area contributed by atoms with Crippen molar-refractivity contribution in [2.45, 2.75) is 27.2 Å². The van der Waals surface area contributed by atoms with E-state index in [1.807, 2.05) is 0 Å². The van der Waals surface area contributed by atoms with Crippen LogP contribution in [0, 0.1) is 16.0 Å². The van der Waals surface area contributed by atoms with E-state index in [1.54, 1.807) is 20.8 Å². The van der Waals surface area contributed by atoms with E-state index < -0.39 is 16.6 Å². The molecule has 8 nitrogen and oxygen atoms in total. The predicted molar refractivity (Wildman–Crippen MR) is 103 cm³/mol. The van der Waals surface area contributed by atoms with E-state index in [0.717, 1.165) is 6.07 Å². The van der Waals surface area contributed by atoms with Crippen molar-refractivity contribution in [3.8, 4) is 5.75 Å². The minimum absolute atomic E-state index is 0.143. The molecule has 0 atom stereocenters. The smallest absolute Gasteiger partial charge is 0.343 e. The summed E-state index contributed by atoms with van der Waals surface area (Å²) in [6.07, 6.45) is 0.217. The first-order valence-corrected chi connectivity index (χ1v) is 8.67. The van der Waals surface area contributed by atoms with Gasteiger partial charge >= 0.3 is 11.7 Å². The maximum atomic E-state index is 12.4. The lowest BCUT2D eigenvalue weighted by atomic mass is 10.1. The van der Waals surface area contributed by atoms with Crippen LogP contribution in [0.3, 0.4) is 0 Å². The van der Waals surface area contributed by atoms with Gasteiger partial charge < -0.3 is 10.1 Å². The first-order valence-electron chi connectivity index (χ1n) is 8.67. The molecule has 1 N–H and O–H groups in total. The number of rotatable bonds is 7. The van der Waals surface area contributed by atoms with Crippen molar-refractivity contribution in [1.29, 1.82) is 0 Å². The van der Waals surface area contributed by atoms with Gasteiger partial charge in [0, 0.05) is 29.7 Å². The molecule has 2 aromatic rings. The fourth-order valence-corrected chi connectivity index (χ4v) is 2.26. The van der Waals surface area contributed by atoms with Crippen LogP contribution in [-0.2, 0) is 4.79 Å². The molecule has 0 bridgehead atoms. The lowest BCUT2D eigenvalue weighted by Crippen LogP contribution is -2.17. The number of Topliss-reactive ketones (excluding diaryl/α,β-unsaturated/α-hetero) is 1. The highest BCUT2D eigenvalue weighted by Crippen LogP contribution is 2.29. The zero-order valence-corrected chi connectivity index (χ0v) is 15.7. The summed E-state index contributed by atoms with van der Waals surface area (Å²) in [5.74, 6) is -1.69. The zero-order chi connectivity index (χ0) is 20.8. The first-order chi connectivity index (χ1) is 13.2. The minimum Gasteiger partial charge on any atom is -0.416 e. The van der Waals surface area contributed by atoms with Gasteiger partial charge in [0.2, 0.25) is 11.7 Å². The number of nitrogens with one attached hydrogen (secondary N) is 1.